The molecule has 4 nitrogen and oxygen atoms in total. The normalized spacial score (nSPS) is 10.9. The zero-order valence-corrected chi connectivity index (χ0v) is 11.6. The van der Waals surface area contributed by atoms with Crippen molar-refractivity contribution in [3.05, 3.63) is 62.9 Å². The molecule has 1 heterocycles. The summed E-state index contributed by atoms with van der Waals surface area (Å²) in [5.74, 6) is 0. The Balaban J connectivity index is 2.36. The molecule has 3 aromatic rings. The number of aromatic nitrogens is 2. The van der Waals surface area contributed by atoms with Crippen molar-refractivity contribution in [1.29, 1.82) is 0 Å². The first-order chi connectivity index (χ1) is 9.58. The zero-order valence-electron chi connectivity index (χ0n) is 10.1. The summed E-state index contributed by atoms with van der Waals surface area (Å²) >= 11 is 11.8. The summed E-state index contributed by atoms with van der Waals surface area (Å²) in [5, 5.41) is 11.2. The highest BCUT2D eigenvalue weighted by Crippen LogP contribution is 2.25. The van der Waals surface area contributed by atoms with E-state index in [2.05, 4.69) is 4.98 Å². The lowest BCUT2D eigenvalue weighted by molar-refractivity contribution is -0.370. The van der Waals surface area contributed by atoms with Crippen molar-refractivity contribution >= 4 is 34.1 Å². The van der Waals surface area contributed by atoms with Gasteiger partial charge in [0.15, 0.2) is 0 Å². The van der Waals surface area contributed by atoms with Gasteiger partial charge in [0.2, 0.25) is 0 Å². The van der Waals surface area contributed by atoms with Crippen LogP contribution in [-0.4, -0.2) is 9.67 Å². The molecule has 2 N–H and O–H groups in total. The first-order valence-corrected chi connectivity index (χ1v) is 6.55. The Bertz CT molecular complexity index is 875. The predicted molar refractivity (Wildman–Crippen MR) is 77.8 cm³/mol. The third kappa shape index (κ3) is 2.03. The standard InChI is InChI=1S/C14H8Cl2N2O2/c15-10-6-5-8(7-11(10)16)18-13(19)9-3-1-2-4-12(9)17-14(18)20/h1-7H,(H,17,20)/p+1. The monoisotopic (exact) mass is 307 g/mol. The maximum Gasteiger partial charge on any atom is 0.460 e. The average molecular weight is 308 g/mol. The van der Waals surface area contributed by atoms with E-state index in [1.807, 2.05) is 0 Å². The van der Waals surface area contributed by atoms with Crippen LogP contribution in [0.15, 0.2) is 47.3 Å². The van der Waals surface area contributed by atoms with E-state index in [4.69, 9.17) is 23.2 Å². The lowest BCUT2D eigenvalue weighted by atomic mass is 10.2. The first-order valence-electron chi connectivity index (χ1n) is 5.79. The molecule has 0 aliphatic carbocycles. The highest BCUT2D eigenvalue weighted by molar-refractivity contribution is 6.42. The van der Waals surface area contributed by atoms with E-state index >= 15 is 0 Å². The van der Waals surface area contributed by atoms with Crippen molar-refractivity contribution in [3.63, 3.8) is 0 Å². The third-order valence-electron chi connectivity index (χ3n) is 2.98. The fourth-order valence-corrected chi connectivity index (χ4v) is 2.33. The second-order valence-electron chi connectivity index (χ2n) is 4.23. The molecular weight excluding hydrogens is 299 g/mol. The Kier molecular flexibility index (Phi) is 3.12. The van der Waals surface area contributed by atoms with Crippen molar-refractivity contribution in [2.45, 2.75) is 0 Å². The van der Waals surface area contributed by atoms with E-state index in [9.17, 15) is 9.90 Å². The van der Waals surface area contributed by atoms with Crippen LogP contribution in [0.1, 0.15) is 0 Å². The summed E-state index contributed by atoms with van der Waals surface area (Å²) in [6, 6.07) is 11.4. The Morgan fingerprint density at radius 2 is 1.80 bits per heavy atom. The predicted octanol–water partition coefficient (Wildman–Crippen LogP) is 2.82. The minimum Gasteiger partial charge on any atom is -0.446 e. The molecule has 6 heteroatoms. The number of fused-ring (bicyclic) bond motifs is 1. The number of aromatic hydroxyl groups is 1. The lowest BCUT2D eigenvalue weighted by Crippen LogP contribution is -2.25. The Labute approximate surface area is 123 Å². The van der Waals surface area contributed by atoms with E-state index < -0.39 is 0 Å². The number of hydrogen-bond acceptors (Lipinski definition) is 2. The number of hydrogen-bond donors (Lipinski definition) is 1. The van der Waals surface area contributed by atoms with Gasteiger partial charge in [-0.25, -0.2) is 9.78 Å². The molecule has 0 fully saturated rings. The van der Waals surface area contributed by atoms with Gasteiger partial charge in [-0.05, 0) is 24.3 Å². The van der Waals surface area contributed by atoms with Gasteiger partial charge in [-0.3, -0.25) is 0 Å². The molecule has 2 aromatic carbocycles. The van der Waals surface area contributed by atoms with E-state index in [0.29, 0.717) is 26.6 Å². The molecule has 20 heavy (non-hydrogen) atoms. The molecule has 0 bridgehead atoms. The molecule has 0 spiro atoms. The van der Waals surface area contributed by atoms with Gasteiger partial charge in [0.25, 0.3) is 0 Å². The molecule has 0 saturated heterocycles. The average Bonchev–Trinajstić information content (AvgIpc) is 2.43. The Hall–Kier alpha value is -2.04. The van der Waals surface area contributed by atoms with Gasteiger partial charge in [0.1, 0.15) is 16.6 Å². The van der Waals surface area contributed by atoms with E-state index in [1.54, 1.807) is 36.4 Å². The maximum atomic E-state index is 12.5. The molecule has 0 atom stereocenters. The minimum absolute atomic E-state index is 0.271. The van der Waals surface area contributed by atoms with E-state index in [-0.39, 0.29) is 11.6 Å². The van der Waals surface area contributed by atoms with Gasteiger partial charge < -0.3 is 5.11 Å². The van der Waals surface area contributed by atoms with Crippen LogP contribution in [0.2, 0.25) is 10.0 Å². The number of halogens is 2. The second-order valence-corrected chi connectivity index (χ2v) is 5.05. The molecule has 0 aliphatic heterocycles. The van der Waals surface area contributed by atoms with Gasteiger partial charge in [0.05, 0.1) is 10.0 Å². The number of aromatic amines is 1. The number of nitrogens with zero attached hydrogens (tertiary/aromatic N) is 1. The van der Waals surface area contributed by atoms with Crippen LogP contribution in [0.25, 0.3) is 16.6 Å². The summed E-state index contributed by atoms with van der Waals surface area (Å²) in [4.78, 5) is 15.2. The number of benzene rings is 2. The van der Waals surface area contributed by atoms with Gasteiger partial charge >= 0.3 is 11.6 Å². The fourth-order valence-electron chi connectivity index (χ4n) is 2.04. The molecule has 0 saturated carbocycles. The molecule has 0 unspecified atom stereocenters. The second kappa shape index (κ2) is 4.81. The number of rotatable bonds is 1. The van der Waals surface area contributed by atoms with Gasteiger partial charge in [0, 0.05) is 6.07 Å². The Morgan fingerprint density at radius 1 is 1.05 bits per heavy atom. The number of nitrogens with one attached hydrogen (secondary N) is 1. The molecule has 1 aromatic heterocycles. The van der Waals surface area contributed by atoms with Crippen LogP contribution in [-0.2, 0) is 0 Å². The zero-order chi connectivity index (χ0) is 14.3. The maximum absolute atomic E-state index is 12.5. The van der Waals surface area contributed by atoms with Crippen LogP contribution >= 0.6 is 23.2 Å². The topological polar surface area (TPSA) is 56.4 Å². The SMILES string of the molecule is O=c1c2ccccc2[nH+]c(O)n1-c1ccc(Cl)c(Cl)c1. The molecule has 0 amide bonds. The van der Waals surface area contributed by atoms with Crippen LogP contribution in [0.4, 0.5) is 0 Å². The Morgan fingerprint density at radius 3 is 2.55 bits per heavy atom. The molecular formula is C14H9Cl2N2O2+. The van der Waals surface area contributed by atoms with Crippen LogP contribution in [0.3, 0.4) is 0 Å². The molecule has 0 aliphatic rings. The highest BCUT2D eigenvalue weighted by Gasteiger charge is 2.19. The van der Waals surface area contributed by atoms with Crippen LogP contribution in [0.5, 0.6) is 6.01 Å². The van der Waals surface area contributed by atoms with Crippen molar-refractivity contribution in [2.24, 2.45) is 0 Å². The number of para-hydroxylation sites is 1. The fraction of sp³-hybridized carbons (Fsp3) is 0. The van der Waals surface area contributed by atoms with Crippen LogP contribution < -0.4 is 10.5 Å². The molecule has 100 valence electrons. The van der Waals surface area contributed by atoms with Gasteiger partial charge in [-0.1, -0.05) is 35.3 Å². The van der Waals surface area contributed by atoms with Crippen LogP contribution in [0, 0.1) is 0 Å². The summed E-state index contributed by atoms with van der Waals surface area (Å²) in [5.41, 5.74) is 0.658. The first kappa shape index (κ1) is 13.0. The molecule has 0 radical (unpaired) electrons. The minimum atomic E-state index is -0.338. The molecule has 3 rings (SSSR count). The third-order valence-corrected chi connectivity index (χ3v) is 3.72. The van der Waals surface area contributed by atoms with Crippen molar-refractivity contribution in [3.8, 4) is 11.7 Å². The summed E-state index contributed by atoms with van der Waals surface area (Å²) < 4.78 is 1.14. The van der Waals surface area contributed by atoms with Crippen molar-refractivity contribution < 1.29 is 10.1 Å². The van der Waals surface area contributed by atoms with Gasteiger partial charge in [-0.2, -0.15) is 0 Å². The lowest BCUT2D eigenvalue weighted by Gasteiger charge is -2.03. The number of H-pyrrole nitrogens is 1. The van der Waals surface area contributed by atoms with Crippen molar-refractivity contribution in [1.82, 2.24) is 4.57 Å². The van der Waals surface area contributed by atoms with Crippen molar-refractivity contribution in [2.75, 3.05) is 0 Å². The summed E-state index contributed by atoms with van der Waals surface area (Å²) in [6.07, 6.45) is 0. The summed E-state index contributed by atoms with van der Waals surface area (Å²) in [6.45, 7) is 0. The largest absolute Gasteiger partial charge is 0.460 e. The quantitative estimate of drug-likeness (QED) is 0.751. The smallest absolute Gasteiger partial charge is 0.446 e. The van der Waals surface area contributed by atoms with E-state index in [1.165, 1.54) is 6.07 Å². The van der Waals surface area contributed by atoms with Gasteiger partial charge in [-0.15, -0.1) is 4.57 Å². The highest BCUT2D eigenvalue weighted by atomic mass is 35.5. The summed E-state index contributed by atoms with van der Waals surface area (Å²) in [7, 11) is 0. The van der Waals surface area contributed by atoms with E-state index in [0.717, 1.165) is 4.57 Å².